The molecule has 0 saturated heterocycles. The van der Waals surface area contributed by atoms with Crippen LogP contribution in [0.25, 0.3) is 60.6 Å². The van der Waals surface area contributed by atoms with Crippen molar-refractivity contribution >= 4 is 101 Å². The number of hydrogen-bond acceptors (Lipinski definition) is 3. The zero-order chi connectivity index (χ0) is 53.0. The van der Waals surface area contributed by atoms with Crippen LogP contribution in [0.5, 0.6) is 0 Å². The van der Waals surface area contributed by atoms with E-state index in [9.17, 15) is 0 Å². The molecular formula is C71H68BN3O. The third-order valence-electron chi connectivity index (χ3n) is 16.7. The van der Waals surface area contributed by atoms with Crippen LogP contribution >= 0.6 is 0 Å². The highest BCUT2D eigenvalue weighted by Crippen LogP contribution is 2.48. The van der Waals surface area contributed by atoms with Gasteiger partial charge in [-0.3, -0.25) is 0 Å². The average molecular weight is 990 g/mol. The van der Waals surface area contributed by atoms with E-state index in [2.05, 4.69) is 274 Å². The van der Waals surface area contributed by atoms with Gasteiger partial charge in [0.05, 0.1) is 11.0 Å². The van der Waals surface area contributed by atoms with E-state index in [0.29, 0.717) is 0 Å². The highest BCUT2D eigenvalue weighted by Gasteiger charge is 2.44. The van der Waals surface area contributed by atoms with Crippen LogP contribution in [0.4, 0.5) is 34.1 Å². The van der Waals surface area contributed by atoms with E-state index in [1.807, 2.05) is 6.07 Å². The Labute approximate surface area is 449 Å². The van der Waals surface area contributed by atoms with Crippen molar-refractivity contribution in [3.8, 4) is 16.8 Å². The van der Waals surface area contributed by atoms with Gasteiger partial charge in [0.15, 0.2) is 0 Å². The summed E-state index contributed by atoms with van der Waals surface area (Å²) in [4.78, 5) is 5.14. The van der Waals surface area contributed by atoms with Crippen LogP contribution in [0.1, 0.15) is 111 Å². The van der Waals surface area contributed by atoms with Gasteiger partial charge in [-0.25, -0.2) is 0 Å². The number of nitrogens with zero attached hydrogens (tertiary/aromatic N) is 3. The number of furan rings is 1. The second-order valence-electron chi connectivity index (χ2n) is 26.0. The smallest absolute Gasteiger partial charge is 0.252 e. The summed E-state index contributed by atoms with van der Waals surface area (Å²) in [5.74, 6) is 0. The Hall–Kier alpha value is -7.76. The van der Waals surface area contributed by atoms with E-state index in [4.69, 9.17) is 4.42 Å². The topological polar surface area (TPSA) is 24.6 Å². The Bertz CT molecular complexity index is 4140. The summed E-state index contributed by atoms with van der Waals surface area (Å²) in [6.07, 6.45) is 0. The number of rotatable bonds is 4. The minimum atomic E-state index is -0.0633. The van der Waals surface area contributed by atoms with Gasteiger partial charge in [0, 0.05) is 61.4 Å². The van der Waals surface area contributed by atoms with Crippen molar-refractivity contribution < 1.29 is 4.42 Å². The SMILES string of the molecule is Cc1cc2c3c(c1)N(c1ccc(-c4cccc5oc6ccccc6c45)cc1)c1cc4c(cc1B3c1cc(C(C)(C)C)ccc1N2c1ccc(C(C)(C)C)cc1)c1cc(C(C)(C)C)ccc1n4-c1ccc(C(C)(C)C)cc1. The fourth-order valence-electron chi connectivity index (χ4n) is 12.4. The number of benzene rings is 9. The van der Waals surface area contributed by atoms with Crippen LogP contribution in [0.3, 0.4) is 0 Å². The zero-order valence-corrected chi connectivity index (χ0v) is 46.6. The number of para-hydroxylation sites is 1. The highest BCUT2D eigenvalue weighted by molar-refractivity contribution is 7.00. The number of fused-ring (bicyclic) bond motifs is 10. The van der Waals surface area contributed by atoms with Crippen LogP contribution in [0, 0.1) is 6.92 Å². The lowest BCUT2D eigenvalue weighted by molar-refractivity contribution is 0.590. The van der Waals surface area contributed by atoms with Crippen LogP contribution in [-0.4, -0.2) is 11.3 Å². The van der Waals surface area contributed by atoms with Gasteiger partial charge >= 0.3 is 0 Å². The molecule has 0 amide bonds. The lowest BCUT2D eigenvalue weighted by atomic mass is 9.33. The van der Waals surface area contributed by atoms with Gasteiger partial charge in [-0.2, -0.15) is 0 Å². The number of anilines is 6. The van der Waals surface area contributed by atoms with Gasteiger partial charge in [0.1, 0.15) is 11.2 Å². The quantitative estimate of drug-likeness (QED) is 0.164. The van der Waals surface area contributed by atoms with Gasteiger partial charge in [0.2, 0.25) is 0 Å². The van der Waals surface area contributed by atoms with Crippen LogP contribution in [-0.2, 0) is 21.7 Å². The molecule has 2 aromatic heterocycles. The summed E-state index contributed by atoms with van der Waals surface area (Å²) in [6.45, 7) is 30.0. The van der Waals surface area contributed by atoms with E-state index >= 15 is 0 Å². The predicted octanol–water partition coefficient (Wildman–Crippen LogP) is 17.9. The first kappa shape index (κ1) is 47.9. The molecule has 9 aromatic carbocycles. The molecule has 13 rings (SSSR count). The second-order valence-corrected chi connectivity index (χ2v) is 26.0. The van der Waals surface area contributed by atoms with Crippen LogP contribution < -0.4 is 26.2 Å². The number of hydrogen-bond donors (Lipinski definition) is 0. The molecule has 0 spiro atoms. The van der Waals surface area contributed by atoms with Crippen molar-refractivity contribution in [1.29, 1.82) is 0 Å². The molecule has 0 bridgehead atoms. The van der Waals surface area contributed by atoms with Gasteiger partial charge in [-0.1, -0.05) is 174 Å². The lowest BCUT2D eigenvalue weighted by Crippen LogP contribution is -2.61. The fraction of sp³-hybridized carbons (Fsp3) is 0.239. The molecular weight excluding hydrogens is 922 g/mol. The normalized spacial score (nSPS) is 13.8. The zero-order valence-electron chi connectivity index (χ0n) is 46.6. The summed E-state index contributed by atoms with van der Waals surface area (Å²) in [6, 6.07) is 67.3. The first-order valence-corrected chi connectivity index (χ1v) is 27.4. The Kier molecular flexibility index (Phi) is 10.5. The molecule has 0 N–H and O–H groups in total. The molecule has 5 heteroatoms. The maximum Gasteiger partial charge on any atom is 0.252 e. The van der Waals surface area contributed by atoms with E-state index in [-0.39, 0.29) is 28.4 Å². The molecule has 11 aromatic rings. The van der Waals surface area contributed by atoms with Crippen molar-refractivity contribution in [2.24, 2.45) is 0 Å². The van der Waals surface area contributed by atoms with Crippen molar-refractivity contribution in [2.75, 3.05) is 9.80 Å². The van der Waals surface area contributed by atoms with E-state index in [1.165, 1.54) is 94.3 Å². The minimum absolute atomic E-state index is 0.0315. The Morgan fingerprint density at radius 3 is 1.53 bits per heavy atom. The summed E-state index contributed by atoms with van der Waals surface area (Å²) in [5, 5.41) is 4.82. The summed E-state index contributed by atoms with van der Waals surface area (Å²) >= 11 is 0. The average Bonchev–Trinajstić information content (AvgIpc) is 4.06. The molecule has 0 aliphatic carbocycles. The monoisotopic (exact) mass is 990 g/mol. The van der Waals surface area contributed by atoms with E-state index in [1.54, 1.807) is 0 Å². The summed E-state index contributed by atoms with van der Waals surface area (Å²) in [7, 11) is 0. The molecule has 0 atom stereocenters. The maximum atomic E-state index is 6.40. The van der Waals surface area contributed by atoms with Crippen LogP contribution in [0.2, 0.25) is 0 Å². The Morgan fingerprint density at radius 2 is 0.895 bits per heavy atom. The maximum absolute atomic E-state index is 6.40. The number of aromatic nitrogens is 1. The summed E-state index contributed by atoms with van der Waals surface area (Å²) in [5.41, 5.74) is 25.3. The molecule has 4 heterocycles. The minimum Gasteiger partial charge on any atom is -0.456 e. The summed E-state index contributed by atoms with van der Waals surface area (Å²) < 4.78 is 8.92. The molecule has 0 fully saturated rings. The van der Waals surface area contributed by atoms with Crippen molar-refractivity contribution in [3.63, 3.8) is 0 Å². The molecule has 0 unspecified atom stereocenters. The Balaban J connectivity index is 1.12. The Morgan fingerprint density at radius 1 is 0.382 bits per heavy atom. The van der Waals surface area contributed by atoms with E-state index < -0.39 is 0 Å². The van der Waals surface area contributed by atoms with Crippen molar-refractivity contribution in [2.45, 2.75) is 112 Å². The molecule has 0 saturated carbocycles. The molecule has 376 valence electrons. The third kappa shape index (κ3) is 7.55. The van der Waals surface area contributed by atoms with Crippen molar-refractivity contribution in [3.05, 3.63) is 204 Å². The highest BCUT2D eigenvalue weighted by atomic mass is 16.3. The van der Waals surface area contributed by atoms with E-state index in [0.717, 1.165) is 44.6 Å². The molecule has 2 aliphatic rings. The molecule has 2 aliphatic heterocycles. The first-order chi connectivity index (χ1) is 36.1. The molecule has 76 heavy (non-hydrogen) atoms. The van der Waals surface area contributed by atoms with Gasteiger partial charge in [0.25, 0.3) is 6.71 Å². The third-order valence-corrected chi connectivity index (χ3v) is 16.7. The van der Waals surface area contributed by atoms with Crippen LogP contribution in [0.15, 0.2) is 180 Å². The predicted molar refractivity (Wildman–Crippen MR) is 327 cm³/mol. The van der Waals surface area contributed by atoms with Crippen molar-refractivity contribution in [1.82, 2.24) is 4.57 Å². The molecule has 0 radical (unpaired) electrons. The fourth-order valence-corrected chi connectivity index (χ4v) is 12.4. The molecule has 4 nitrogen and oxygen atoms in total. The van der Waals surface area contributed by atoms with Gasteiger partial charge in [-0.05, 0) is 169 Å². The largest absolute Gasteiger partial charge is 0.456 e. The van der Waals surface area contributed by atoms with Gasteiger partial charge < -0.3 is 18.8 Å². The lowest BCUT2D eigenvalue weighted by Gasteiger charge is -2.45. The second kappa shape index (κ2) is 16.6. The first-order valence-electron chi connectivity index (χ1n) is 27.4. The van der Waals surface area contributed by atoms with Gasteiger partial charge in [-0.15, -0.1) is 0 Å². The number of aryl methyl sites for hydroxylation is 1. The standard InChI is InChI=1S/C71H68BN3O/c1-43-37-62-67-63(38-43)75(49-29-21-44(22-30-49)52-18-16-20-65-66(52)53-17-14-15-19-64(53)76-65)61-42-60-55(54-39-47(70(8,9)10)27-35-58(54)73(60)50-31-23-45(24-32-50)68(2,3)4)41-57(61)72(67)56-40-48(71(11,12)13)28-36-59(56)74(62)51-33-25-46(26-34-51)69(5,6)7/h14-42H,1-13H3.